The van der Waals surface area contributed by atoms with Crippen LogP contribution in [0.4, 0.5) is 11.4 Å². The number of ketones is 1. The molecule has 0 aliphatic heterocycles. The molecule has 27 heavy (non-hydrogen) atoms. The first-order chi connectivity index (χ1) is 12.5. The smallest absolute Gasteiger partial charge is 0.326 e. The number of carbonyl (C=O) groups is 2. The van der Waals surface area contributed by atoms with E-state index in [1.165, 1.54) is 18.3 Å². The van der Waals surface area contributed by atoms with Crippen LogP contribution in [0.2, 0.25) is 0 Å². The summed E-state index contributed by atoms with van der Waals surface area (Å²) in [5.74, 6) is -0.548. The number of hydrogen-bond donors (Lipinski definition) is 1. The van der Waals surface area contributed by atoms with E-state index in [2.05, 4.69) is 21.2 Å². The summed E-state index contributed by atoms with van der Waals surface area (Å²) >= 11 is 3.09. The molecule has 0 aliphatic carbocycles. The van der Waals surface area contributed by atoms with Gasteiger partial charge in [-0.3, -0.25) is 24.5 Å². The van der Waals surface area contributed by atoms with Crippen LogP contribution < -0.4 is 10.9 Å². The zero-order valence-electron chi connectivity index (χ0n) is 15.0. The van der Waals surface area contributed by atoms with Gasteiger partial charge in [-0.25, -0.2) is 0 Å². The maximum Gasteiger partial charge on any atom is 0.335 e. The molecule has 1 N–H and O–H groups in total. The fraction of sp³-hybridized carbons (Fsp3) is 0.278. The van der Waals surface area contributed by atoms with Crippen LogP contribution >= 0.6 is 15.9 Å². The van der Waals surface area contributed by atoms with Gasteiger partial charge in [0.1, 0.15) is 0 Å². The first kappa shape index (κ1) is 20.5. The summed E-state index contributed by atoms with van der Waals surface area (Å²) < 4.78 is 1.31. The second-order valence-corrected chi connectivity index (χ2v) is 7.85. The highest BCUT2D eigenvalue weighted by Gasteiger charge is 2.21. The maximum atomic E-state index is 12.4. The van der Waals surface area contributed by atoms with Gasteiger partial charge in [-0.1, -0.05) is 20.8 Å². The molecule has 0 atom stereocenters. The number of benzene rings is 1. The quantitative estimate of drug-likeness (QED) is 0.439. The molecule has 0 spiro atoms. The Bertz CT molecular complexity index is 958. The lowest BCUT2D eigenvalue weighted by atomic mass is 9.95. The van der Waals surface area contributed by atoms with E-state index in [1.807, 2.05) is 0 Å². The number of halogens is 1. The van der Waals surface area contributed by atoms with Gasteiger partial charge in [-0.2, -0.15) is 0 Å². The second kappa shape index (κ2) is 7.83. The highest BCUT2D eigenvalue weighted by Crippen LogP contribution is 2.18. The fourth-order valence-corrected chi connectivity index (χ4v) is 2.60. The SMILES string of the molecule is CC(C)(C)C(=O)Nc1ccc(C(=O)Cn2cc(Br)cc([N+](=O)[O-])c2=O)cc1. The molecule has 142 valence electrons. The number of aromatic nitrogens is 1. The summed E-state index contributed by atoms with van der Waals surface area (Å²) in [6, 6.07) is 7.32. The minimum absolute atomic E-state index is 0.158. The first-order valence-corrected chi connectivity index (χ1v) is 8.77. The van der Waals surface area contributed by atoms with Crippen molar-refractivity contribution in [2.24, 2.45) is 5.41 Å². The fourth-order valence-electron chi connectivity index (χ4n) is 2.14. The molecule has 1 heterocycles. The number of rotatable bonds is 5. The van der Waals surface area contributed by atoms with Crippen LogP contribution in [0.15, 0.2) is 45.8 Å². The van der Waals surface area contributed by atoms with Gasteiger partial charge in [0, 0.05) is 33.4 Å². The van der Waals surface area contributed by atoms with Gasteiger partial charge < -0.3 is 9.88 Å². The zero-order chi connectivity index (χ0) is 20.4. The normalized spacial score (nSPS) is 11.1. The van der Waals surface area contributed by atoms with E-state index >= 15 is 0 Å². The minimum Gasteiger partial charge on any atom is -0.326 e. The standard InChI is InChI=1S/C18H18BrN3O5/c1-18(2,3)17(25)20-13-6-4-11(5-7-13)15(23)10-21-9-12(19)8-14(16(21)24)22(26)27/h4-9H,10H2,1-3H3,(H,20,25). The zero-order valence-corrected chi connectivity index (χ0v) is 16.6. The number of hydrogen-bond acceptors (Lipinski definition) is 5. The van der Waals surface area contributed by atoms with Crippen LogP contribution in [-0.4, -0.2) is 21.2 Å². The number of Topliss-reactive ketones (excluding diaryl/α,β-unsaturated/α-hetero) is 1. The summed E-state index contributed by atoms with van der Waals surface area (Å²) in [7, 11) is 0. The largest absolute Gasteiger partial charge is 0.335 e. The van der Waals surface area contributed by atoms with Gasteiger partial charge >= 0.3 is 11.2 Å². The Morgan fingerprint density at radius 1 is 1.22 bits per heavy atom. The molecule has 1 aromatic carbocycles. The molecule has 9 heteroatoms. The molecule has 2 rings (SSSR count). The average Bonchev–Trinajstić information content (AvgIpc) is 2.57. The van der Waals surface area contributed by atoms with Crippen molar-refractivity contribution in [3.05, 3.63) is 67.0 Å². The van der Waals surface area contributed by atoms with Gasteiger partial charge in [0.05, 0.1) is 11.5 Å². The number of carbonyl (C=O) groups excluding carboxylic acids is 2. The highest BCUT2D eigenvalue weighted by atomic mass is 79.9. The van der Waals surface area contributed by atoms with Gasteiger partial charge in [-0.05, 0) is 40.2 Å². The number of nitro groups is 1. The number of nitrogens with zero attached hydrogens (tertiary/aromatic N) is 2. The Labute approximate surface area is 163 Å². The van der Waals surface area contributed by atoms with E-state index < -0.39 is 27.4 Å². The predicted octanol–water partition coefficient (Wildman–Crippen LogP) is 3.39. The lowest BCUT2D eigenvalue weighted by Crippen LogP contribution is -2.27. The average molecular weight is 436 g/mol. The Balaban J connectivity index is 2.19. The van der Waals surface area contributed by atoms with Gasteiger partial charge in [0.15, 0.2) is 5.78 Å². The third-order valence-electron chi connectivity index (χ3n) is 3.69. The summed E-state index contributed by atoms with van der Waals surface area (Å²) in [5.41, 5.74) is -1.16. The highest BCUT2D eigenvalue weighted by molar-refractivity contribution is 9.10. The molecule has 0 fully saturated rings. The van der Waals surface area contributed by atoms with Crippen molar-refractivity contribution in [2.75, 3.05) is 5.32 Å². The third-order valence-corrected chi connectivity index (χ3v) is 4.12. The molecular weight excluding hydrogens is 418 g/mol. The third kappa shape index (κ3) is 5.10. The van der Waals surface area contributed by atoms with E-state index in [4.69, 9.17) is 0 Å². The molecule has 0 radical (unpaired) electrons. The molecule has 1 amide bonds. The molecular formula is C18H18BrN3O5. The Morgan fingerprint density at radius 2 is 1.81 bits per heavy atom. The van der Waals surface area contributed by atoms with Crippen LogP contribution in [0.1, 0.15) is 31.1 Å². The van der Waals surface area contributed by atoms with Crippen LogP contribution in [0.3, 0.4) is 0 Å². The maximum absolute atomic E-state index is 12.4. The van der Waals surface area contributed by atoms with Crippen molar-refractivity contribution in [2.45, 2.75) is 27.3 Å². The lowest BCUT2D eigenvalue weighted by Gasteiger charge is -2.17. The van der Waals surface area contributed by atoms with E-state index in [1.54, 1.807) is 32.9 Å². The van der Waals surface area contributed by atoms with Crippen LogP contribution in [0.25, 0.3) is 0 Å². The summed E-state index contributed by atoms with van der Waals surface area (Å²) in [5, 5.41) is 13.7. The van der Waals surface area contributed by atoms with Crippen molar-refractivity contribution in [1.29, 1.82) is 0 Å². The molecule has 1 aromatic heterocycles. The van der Waals surface area contributed by atoms with Crippen LogP contribution in [0, 0.1) is 15.5 Å². The minimum atomic E-state index is -0.856. The molecule has 2 aromatic rings. The predicted molar refractivity (Wildman–Crippen MR) is 104 cm³/mol. The number of anilines is 1. The Morgan fingerprint density at radius 3 is 2.33 bits per heavy atom. The molecule has 0 saturated carbocycles. The molecule has 8 nitrogen and oxygen atoms in total. The lowest BCUT2D eigenvalue weighted by molar-refractivity contribution is -0.386. The number of pyridine rings is 1. The molecule has 0 saturated heterocycles. The Kier molecular flexibility index (Phi) is 5.94. The van der Waals surface area contributed by atoms with E-state index in [0.717, 1.165) is 10.6 Å². The second-order valence-electron chi connectivity index (χ2n) is 6.94. The van der Waals surface area contributed by atoms with Crippen LogP contribution in [0.5, 0.6) is 0 Å². The van der Waals surface area contributed by atoms with Crippen LogP contribution in [-0.2, 0) is 11.3 Å². The Hall–Kier alpha value is -2.81. The van der Waals surface area contributed by atoms with E-state index in [-0.39, 0.29) is 12.5 Å². The van der Waals surface area contributed by atoms with Gasteiger partial charge in [-0.15, -0.1) is 0 Å². The molecule has 0 bridgehead atoms. The van der Waals surface area contributed by atoms with Crippen molar-refractivity contribution in [1.82, 2.24) is 4.57 Å². The van der Waals surface area contributed by atoms with Gasteiger partial charge in [0.25, 0.3) is 0 Å². The molecule has 0 aliphatic rings. The number of amides is 1. The van der Waals surface area contributed by atoms with E-state index in [9.17, 15) is 24.5 Å². The molecule has 0 unspecified atom stereocenters. The monoisotopic (exact) mass is 435 g/mol. The summed E-state index contributed by atoms with van der Waals surface area (Å²) in [6.45, 7) is 5.02. The van der Waals surface area contributed by atoms with Crippen molar-refractivity contribution < 1.29 is 14.5 Å². The number of nitrogens with one attached hydrogen (secondary N) is 1. The first-order valence-electron chi connectivity index (χ1n) is 7.98. The summed E-state index contributed by atoms with van der Waals surface area (Å²) in [4.78, 5) is 46.6. The van der Waals surface area contributed by atoms with Crippen molar-refractivity contribution in [3.63, 3.8) is 0 Å². The van der Waals surface area contributed by atoms with E-state index in [0.29, 0.717) is 15.7 Å². The van der Waals surface area contributed by atoms with Crippen molar-refractivity contribution in [3.8, 4) is 0 Å². The van der Waals surface area contributed by atoms with Crippen molar-refractivity contribution >= 4 is 39.0 Å². The topological polar surface area (TPSA) is 111 Å². The van der Waals surface area contributed by atoms with Gasteiger partial charge in [0.2, 0.25) is 5.91 Å². The summed E-state index contributed by atoms with van der Waals surface area (Å²) in [6.07, 6.45) is 1.32.